The van der Waals surface area contributed by atoms with Crippen molar-refractivity contribution in [1.82, 2.24) is 4.90 Å². The molecule has 7 heteroatoms. The molecule has 140 valence electrons. The average Bonchev–Trinajstić information content (AvgIpc) is 2.40. The normalized spacial score (nSPS) is 12.9. The van der Waals surface area contributed by atoms with E-state index in [0.29, 0.717) is 0 Å². The Kier molecular flexibility index (Phi) is 6.94. The Hall–Kier alpha value is -1.69. The van der Waals surface area contributed by atoms with E-state index in [0.717, 1.165) is 17.0 Å². The van der Waals surface area contributed by atoms with E-state index in [1.54, 1.807) is 20.8 Å². The summed E-state index contributed by atoms with van der Waals surface area (Å²) in [6.45, 7) is 8.76. The first-order valence-electron chi connectivity index (χ1n) is 7.98. The summed E-state index contributed by atoms with van der Waals surface area (Å²) in [7, 11) is 1.38. The molecule has 0 N–H and O–H groups in total. The zero-order valence-electron chi connectivity index (χ0n) is 15.3. The first-order valence-corrected chi connectivity index (χ1v) is 8.35. The standard InChI is InChI=1S/C18H24ClF2NO3/c1-10(2)7-14(22(6)17(24)25-18(3,4)5)16(23)15-12(20)8-11(19)9-13(15)21/h8-10,14H,7H2,1-6H3/t14-/m0/s1. The molecule has 0 saturated carbocycles. The molecule has 1 aromatic rings. The quantitative estimate of drug-likeness (QED) is 0.674. The van der Waals surface area contributed by atoms with Gasteiger partial charge < -0.3 is 9.64 Å². The van der Waals surface area contributed by atoms with Crippen LogP contribution in [0.25, 0.3) is 0 Å². The molecule has 1 aromatic carbocycles. The van der Waals surface area contributed by atoms with Gasteiger partial charge in [-0.2, -0.15) is 0 Å². The molecular weight excluding hydrogens is 352 g/mol. The number of carbonyl (C=O) groups is 2. The van der Waals surface area contributed by atoms with Crippen LogP contribution in [-0.2, 0) is 4.74 Å². The van der Waals surface area contributed by atoms with Gasteiger partial charge in [0.15, 0.2) is 5.78 Å². The molecule has 0 aliphatic carbocycles. The van der Waals surface area contributed by atoms with Crippen LogP contribution in [0.2, 0.25) is 5.02 Å². The van der Waals surface area contributed by atoms with E-state index in [-0.39, 0.29) is 17.4 Å². The topological polar surface area (TPSA) is 46.6 Å². The van der Waals surface area contributed by atoms with Gasteiger partial charge in [-0.25, -0.2) is 13.6 Å². The van der Waals surface area contributed by atoms with E-state index in [9.17, 15) is 18.4 Å². The number of likely N-dealkylation sites (N-methyl/N-ethyl adjacent to an activating group) is 1. The van der Waals surface area contributed by atoms with E-state index < -0.39 is 40.7 Å². The minimum atomic E-state index is -1.06. The Morgan fingerprint density at radius 3 is 2.08 bits per heavy atom. The maximum atomic E-state index is 14.1. The molecule has 0 bridgehead atoms. The predicted molar refractivity (Wildman–Crippen MR) is 92.9 cm³/mol. The van der Waals surface area contributed by atoms with Crippen LogP contribution in [0, 0.1) is 17.6 Å². The third-order valence-corrected chi connectivity index (χ3v) is 3.62. The number of amides is 1. The minimum absolute atomic E-state index is 0.0114. The summed E-state index contributed by atoms with van der Waals surface area (Å²) in [6, 6.07) is 0.690. The molecule has 1 rings (SSSR count). The Morgan fingerprint density at radius 1 is 1.20 bits per heavy atom. The number of hydrogen-bond acceptors (Lipinski definition) is 3. The van der Waals surface area contributed by atoms with Crippen molar-refractivity contribution >= 4 is 23.5 Å². The average molecular weight is 376 g/mol. The van der Waals surface area contributed by atoms with Gasteiger partial charge >= 0.3 is 6.09 Å². The van der Waals surface area contributed by atoms with Gasteiger partial charge in [0.1, 0.15) is 17.2 Å². The van der Waals surface area contributed by atoms with Gasteiger partial charge in [-0.1, -0.05) is 25.4 Å². The summed E-state index contributed by atoms with van der Waals surface area (Å²) >= 11 is 5.60. The second-order valence-corrected chi connectivity index (χ2v) is 7.78. The van der Waals surface area contributed by atoms with Crippen LogP contribution in [-0.4, -0.2) is 35.5 Å². The lowest BCUT2D eigenvalue weighted by Gasteiger charge is -2.31. The molecule has 0 saturated heterocycles. The van der Waals surface area contributed by atoms with Gasteiger partial charge in [-0.3, -0.25) is 4.79 Å². The van der Waals surface area contributed by atoms with Crippen molar-refractivity contribution < 1.29 is 23.1 Å². The highest BCUT2D eigenvalue weighted by molar-refractivity contribution is 6.30. The predicted octanol–water partition coefficient (Wildman–Crippen LogP) is 5.08. The molecule has 25 heavy (non-hydrogen) atoms. The summed E-state index contributed by atoms with van der Waals surface area (Å²) in [4.78, 5) is 26.1. The monoisotopic (exact) mass is 375 g/mol. The lowest BCUT2D eigenvalue weighted by molar-refractivity contribution is 0.0200. The first-order chi connectivity index (χ1) is 11.3. The van der Waals surface area contributed by atoms with Gasteiger partial charge in [0.25, 0.3) is 0 Å². The largest absolute Gasteiger partial charge is 0.444 e. The number of hydrogen-bond donors (Lipinski definition) is 0. The van der Waals surface area contributed by atoms with Crippen molar-refractivity contribution in [2.45, 2.75) is 52.7 Å². The van der Waals surface area contributed by atoms with E-state index in [2.05, 4.69) is 0 Å². The number of nitrogens with zero attached hydrogens (tertiary/aromatic N) is 1. The maximum Gasteiger partial charge on any atom is 0.410 e. The number of Topliss-reactive ketones (excluding diaryl/α,β-unsaturated/α-hetero) is 1. The third kappa shape index (κ3) is 5.96. The number of carbonyl (C=O) groups excluding carboxylic acids is 2. The molecule has 4 nitrogen and oxygen atoms in total. The Balaban J connectivity index is 3.23. The fourth-order valence-electron chi connectivity index (χ4n) is 2.29. The summed E-state index contributed by atoms with van der Waals surface area (Å²) in [5.74, 6) is -2.92. The Labute approximate surface area is 152 Å². The lowest BCUT2D eigenvalue weighted by atomic mass is 9.94. The van der Waals surface area contributed by atoms with Crippen molar-refractivity contribution in [3.8, 4) is 0 Å². The van der Waals surface area contributed by atoms with Crippen molar-refractivity contribution in [2.75, 3.05) is 7.05 Å². The van der Waals surface area contributed by atoms with Gasteiger partial charge in [-0.05, 0) is 45.2 Å². The van der Waals surface area contributed by atoms with Crippen LogP contribution in [0.3, 0.4) is 0 Å². The van der Waals surface area contributed by atoms with Gasteiger partial charge in [0.2, 0.25) is 0 Å². The first kappa shape index (κ1) is 21.4. The second-order valence-electron chi connectivity index (χ2n) is 7.35. The Bertz CT molecular complexity index is 633. The van der Waals surface area contributed by atoms with Crippen LogP contribution < -0.4 is 0 Å². The molecule has 0 aliphatic heterocycles. The zero-order valence-corrected chi connectivity index (χ0v) is 16.1. The lowest BCUT2D eigenvalue weighted by Crippen LogP contribution is -2.46. The van der Waals surface area contributed by atoms with Crippen molar-refractivity contribution in [3.63, 3.8) is 0 Å². The van der Waals surface area contributed by atoms with Crippen LogP contribution in [0.15, 0.2) is 12.1 Å². The van der Waals surface area contributed by atoms with Gasteiger partial charge in [-0.15, -0.1) is 0 Å². The van der Waals surface area contributed by atoms with Crippen LogP contribution in [0.4, 0.5) is 13.6 Å². The molecule has 1 amide bonds. The zero-order chi connectivity index (χ0) is 19.5. The summed E-state index contributed by atoms with van der Waals surface area (Å²) < 4.78 is 33.5. The van der Waals surface area contributed by atoms with Crippen molar-refractivity contribution in [2.24, 2.45) is 5.92 Å². The summed E-state index contributed by atoms with van der Waals surface area (Å²) in [6.07, 6.45) is -0.503. The number of halogens is 3. The molecular formula is C18H24ClF2NO3. The van der Waals surface area contributed by atoms with E-state index in [4.69, 9.17) is 16.3 Å². The van der Waals surface area contributed by atoms with Crippen LogP contribution in [0.1, 0.15) is 51.4 Å². The maximum absolute atomic E-state index is 14.1. The van der Waals surface area contributed by atoms with E-state index >= 15 is 0 Å². The van der Waals surface area contributed by atoms with E-state index in [1.807, 2.05) is 13.8 Å². The summed E-state index contributed by atoms with van der Waals surface area (Å²) in [5.41, 5.74) is -1.46. The molecule has 0 fully saturated rings. The second kappa shape index (κ2) is 8.13. The Morgan fingerprint density at radius 2 is 1.68 bits per heavy atom. The van der Waals surface area contributed by atoms with Crippen LogP contribution in [0.5, 0.6) is 0 Å². The highest BCUT2D eigenvalue weighted by Gasteiger charge is 2.34. The molecule has 0 heterocycles. The molecule has 0 aliphatic rings. The minimum Gasteiger partial charge on any atom is -0.444 e. The third-order valence-electron chi connectivity index (χ3n) is 3.40. The molecule has 0 radical (unpaired) electrons. The van der Waals surface area contributed by atoms with Gasteiger partial charge in [0, 0.05) is 12.1 Å². The SMILES string of the molecule is CC(C)C[C@@H](C(=O)c1c(F)cc(Cl)cc1F)N(C)C(=O)OC(C)(C)C. The number of rotatable bonds is 5. The fourth-order valence-corrected chi connectivity index (χ4v) is 2.48. The van der Waals surface area contributed by atoms with Crippen LogP contribution >= 0.6 is 11.6 Å². The van der Waals surface area contributed by atoms with Crippen molar-refractivity contribution in [3.05, 3.63) is 34.4 Å². The highest BCUT2D eigenvalue weighted by Crippen LogP contribution is 2.24. The molecule has 0 spiro atoms. The summed E-state index contributed by atoms with van der Waals surface area (Å²) in [5, 5.41) is -0.146. The number of ketones is 1. The van der Waals surface area contributed by atoms with Crippen molar-refractivity contribution in [1.29, 1.82) is 0 Å². The molecule has 0 unspecified atom stereocenters. The number of ether oxygens (including phenoxy) is 1. The number of benzene rings is 1. The van der Waals surface area contributed by atoms with E-state index in [1.165, 1.54) is 7.05 Å². The molecule has 1 atom stereocenters. The van der Waals surface area contributed by atoms with Gasteiger partial charge in [0.05, 0.1) is 11.6 Å². The fraction of sp³-hybridized carbons (Fsp3) is 0.556. The smallest absolute Gasteiger partial charge is 0.410 e. The highest BCUT2D eigenvalue weighted by atomic mass is 35.5. The molecule has 0 aromatic heterocycles.